The lowest BCUT2D eigenvalue weighted by Gasteiger charge is -2.40. The van der Waals surface area contributed by atoms with E-state index in [4.69, 9.17) is 5.11 Å². The van der Waals surface area contributed by atoms with Crippen molar-refractivity contribution in [3.63, 3.8) is 0 Å². The molecular formula is C10H20N2O3. The fraction of sp³-hybridized carbons (Fsp3) is 0.900. The van der Waals surface area contributed by atoms with Crippen molar-refractivity contribution >= 4 is 6.09 Å². The van der Waals surface area contributed by atoms with E-state index >= 15 is 0 Å². The third-order valence-corrected chi connectivity index (χ3v) is 2.69. The van der Waals surface area contributed by atoms with E-state index in [0.717, 1.165) is 13.1 Å². The fourth-order valence-corrected chi connectivity index (χ4v) is 1.95. The molecule has 1 heterocycles. The molecule has 0 radical (unpaired) electrons. The van der Waals surface area contributed by atoms with E-state index in [-0.39, 0.29) is 12.6 Å². The van der Waals surface area contributed by atoms with E-state index < -0.39 is 6.09 Å². The van der Waals surface area contributed by atoms with Gasteiger partial charge in [0, 0.05) is 26.2 Å². The van der Waals surface area contributed by atoms with Gasteiger partial charge in [0.15, 0.2) is 0 Å². The van der Waals surface area contributed by atoms with Gasteiger partial charge in [-0.25, -0.2) is 4.79 Å². The molecule has 2 N–H and O–H groups in total. The second kappa shape index (κ2) is 5.32. The van der Waals surface area contributed by atoms with Crippen LogP contribution >= 0.6 is 0 Å². The molecule has 1 rings (SSSR count). The van der Waals surface area contributed by atoms with Crippen LogP contribution in [0.5, 0.6) is 0 Å². The Labute approximate surface area is 90.3 Å². The van der Waals surface area contributed by atoms with Crippen LogP contribution in [0, 0.1) is 5.92 Å². The van der Waals surface area contributed by atoms with Crippen molar-refractivity contribution in [2.24, 2.45) is 5.92 Å². The molecule has 1 atom stereocenters. The number of aliphatic hydroxyl groups is 1. The van der Waals surface area contributed by atoms with Gasteiger partial charge in [-0.2, -0.15) is 0 Å². The molecule has 1 fully saturated rings. The Morgan fingerprint density at radius 1 is 1.47 bits per heavy atom. The molecule has 1 saturated heterocycles. The summed E-state index contributed by atoms with van der Waals surface area (Å²) >= 11 is 0. The molecule has 15 heavy (non-hydrogen) atoms. The number of amides is 1. The van der Waals surface area contributed by atoms with Gasteiger partial charge in [0.05, 0.1) is 12.6 Å². The molecule has 88 valence electrons. The number of rotatable bonds is 3. The maximum atomic E-state index is 10.8. The summed E-state index contributed by atoms with van der Waals surface area (Å²) < 4.78 is 0. The summed E-state index contributed by atoms with van der Waals surface area (Å²) in [6.07, 6.45) is -0.891. The first-order valence-corrected chi connectivity index (χ1v) is 5.37. The van der Waals surface area contributed by atoms with Crippen molar-refractivity contribution in [2.75, 3.05) is 32.8 Å². The van der Waals surface area contributed by atoms with E-state index in [2.05, 4.69) is 18.7 Å². The minimum absolute atomic E-state index is 0.0243. The first kappa shape index (κ1) is 12.3. The van der Waals surface area contributed by atoms with Gasteiger partial charge in [-0.15, -0.1) is 0 Å². The number of carboxylic acid groups (broad SMARTS) is 1. The van der Waals surface area contributed by atoms with Crippen LogP contribution in [0.15, 0.2) is 0 Å². The largest absolute Gasteiger partial charge is 0.465 e. The lowest BCUT2D eigenvalue weighted by atomic mass is 10.1. The highest BCUT2D eigenvalue weighted by atomic mass is 16.4. The van der Waals surface area contributed by atoms with Crippen LogP contribution in [-0.2, 0) is 0 Å². The summed E-state index contributed by atoms with van der Waals surface area (Å²) in [6.45, 7) is 6.86. The Morgan fingerprint density at radius 3 is 2.60 bits per heavy atom. The Morgan fingerprint density at radius 2 is 2.13 bits per heavy atom. The molecule has 5 heteroatoms. The number of aliphatic hydroxyl groups excluding tert-OH is 1. The summed E-state index contributed by atoms with van der Waals surface area (Å²) in [7, 11) is 0. The van der Waals surface area contributed by atoms with Crippen LogP contribution in [0.4, 0.5) is 4.79 Å². The average Bonchev–Trinajstić information content (AvgIpc) is 2.17. The van der Waals surface area contributed by atoms with Crippen molar-refractivity contribution in [3.8, 4) is 0 Å². The third kappa shape index (κ3) is 3.35. The van der Waals surface area contributed by atoms with Gasteiger partial charge in [-0.05, 0) is 5.92 Å². The molecule has 1 amide bonds. The molecule has 0 saturated carbocycles. The molecule has 5 nitrogen and oxygen atoms in total. The van der Waals surface area contributed by atoms with E-state index in [1.807, 2.05) is 0 Å². The molecule has 0 bridgehead atoms. The van der Waals surface area contributed by atoms with Gasteiger partial charge in [0.1, 0.15) is 0 Å². The molecule has 1 unspecified atom stereocenters. The highest BCUT2D eigenvalue weighted by Crippen LogP contribution is 2.11. The van der Waals surface area contributed by atoms with Gasteiger partial charge in [0.2, 0.25) is 0 Å². The standard InChI is InChI=1S/C10H20N2O3/c1-8(2)5-11-3-4-12(10(14)15)6-9(11)7-13/h8-9,13H,3-7H2,1-2H3,(H,14,15). The van der Waals surface area contributed by atoms with E-state index in [0.29, 0.717) is 19.0 Å². The van der Waals surface area contributed by atoms with Gasteiger partial charge in [0.25, 0.3) is 0 Å². The van der Waals surface area contributed by atoms with Gasteiger partial charge >= 0.3 is 6.09 Å². The lowest BCUT2D eigenvalue weighted by Crippen LogP contribution is -2.56. The maximum Gasteiger partial charge on any atom is 0.407 e. The van der Waals surface area contributed by atoms with Crippen molar-refractivity contribution in [3.05, 3.63) is 0 Å². The van der Waals surface area contributed by atoms with Crippen LogP contribution in [0.3, 0.4) is 0 Å². The highest BCUT2D eigenvalue weighted by molar-refractivity contribution is 5.65. The van der Waals surface area contributed by atoms with Gasteiger partial charge in [-0.1, -0.05) is 13.8 Å². The van der Waals surface area contributed by atoms with E-state index in [1.54, 1.807) is 0 Å². The SMILES string of the molecule is CC(C)CN1CCN(C(=O)O)CC1CO. The molecular weight excluding hydrogens is 196 g/mol. The van der Waals surface area contributed by atoms with Crippen LogP contribution in [-0.4, -0.2) is 64.9 Å². The van der Waals surface area contributed by atoms with Crippen molar-refractivity contribution in [1.29, 1.82) is 0 Å². The van der Waals surface area contributed by atoms with E-state index in [9.17, 15) is 9.90 Å². The number of hydrogen-bond acceptors (Lipinski definition) is 3. The van der Waals surface area contributed by atoms with Crippen LogP contribution in [0.25, 0.3) is 0 Å². The third-order valence-electron chi connectivity index (χ3n) is 2.69. The summed E-state index contributed by atoms with van der Waals surface area (Å²) in [5.41, 5.74) is 0. The van der Waals surface area contributed by atoms with Crippen molar-refractivity contribution in [2.45, 2.75) is 19.9 Å². The van der Waals surface area contributed by atoms with Crippen LogP contribution < -0.4 is 0 Å². The number of hydrogen-bond donors (Lipinski definition) is 2. The summed E-state index contributed by atoms with van der Waals surface area (Å²) in [5.74, 6) is 0.537. The summed E-state index contributed by atoms with van der Waals surface area (Å²) in [6, 6.07) is -0.0442. The monoisotopic (exact) mass is 216 g/mol. The molecule has 0 aromatic rings. The van der Waals surface area contributed by atoms with Crippen molar-refractivity contribution in [1.82, 2.24) is 9.80 Å². The Kier molecular flexibility index (Phi) is 4.35. The average molecular weight is 216 g/mol. The molecule has 0 aromatic heterocycles. The lowest BCUT2D eigenvalue weighted by molar-refractivity contribution is 0.0352. The Hall–Kier alpha value is -0.810. The Bertz CT molecular complexity index is 221. The second-order valence-corrected chi connectivity index (χ2v) is 4.45. The normalized spacial score (nSPS) is 23.5. The topological polar surface area (TPSA) is 64.0 Å². The molecule has 0 spiro atoms. The zero-order valence-electron chi connectivity index (χ0n) is 9.39. The summed E-state index contributed by atoms with van der Waals surface area (Å²) in [5, 5.41) is 18.1. The van der Waals surface area contributed by atoms with Crippen molar-refractivity contribution < 1.29 is 15.0 Å². The van der Waals surface area contributed by atoms with Gasteiger partial charge in [-0.3, -0.25) is 4.90 Å². The quantitative estimate of drug-likeness (QED) is 0.712. The predicted octanol–water partition coefficient (Wildman–Crippen LogP) is 0.299. The van der Waals surface area contributed by atoms with Crippen LogP contribution in [0.1, 0.15) is 13.8 Å². The molecule has 1 aliphatic rings. The molecule has 0 aliphatic carbocycles. The second-order valence-electron chi connectivity index (χ2n) is 4.45. The first-order chi connectivity index (χ1) is 7.04. The zero-order chi connectivity index (χ0) is 11.4. The first-order valence-electron chi connectivity index (χ1n) is 5.37. The minimum atomic E-state index is -0.891. The predicted molar refractivity (Wildman–Crippen MR) is 56.9 cm³/mol. The molecule has 1 aliphatic heterocycles. The number of carbonyl (C=O) groups is 1. The number of nitrogens with zero attached hydrogens (tertiary/aromatic N) is 2. The summed E-state index contributed by atoms with van der Waals surface area (Å²) in [4.78, 5) is 14.3. The maximum absolute atomic E-state index is 10.8. The number of piperazine rings is 1. The smallest absolute Gasteiger partial charge is 0.407 e. The Balaban J connectivity index is 2.52. The minimum Gasteiger partial charge on any atom is -0.465 e. The van der Waals surface area contributed by atoms with Gasteiger partial charge < -0.3 is 15.1 Å². The van der Waals surface area contributed by atoms with E-state index in [1.165, 1.54) is 4.90 Å². The molecule has 0 aromatic carbocycles. The zero-order valence-corrected chi connectivity index (χ0v) is 9.39. The fourth-order valence-electron chi connectivity index (χ4n) is 1.95. The highest BCUT2D eigenvalue weighted by Gasteiger charge is 2.28. The van der Waals surface area contributed by atoms with Crippen LogP contribution in [0.2, 0.25) is 0 Å².